The molecule has 0 radical (unpaired) electrons. The first-order valence-electron chi connectivity index (χ1n) is 9.57. The molecule has 0 aliphatic rings. The molecule has 0 N–H and O–H groups in total. The van der Waals surface area contributed by atoms with Gasteiger partial charge in [-0.1, -0.05) is 65.8 Å². The average molecular weight is 373 g/mol. The second-order valence-corrected chi connectivity index (χ2v) is 8.99. The maximum absolute atomic E-state index is 4.39. The van der Waals surface area contributed by atoms with Gasteiger partial charge in [0.2, 0.25) is 0 Å². The summed E-state index contributed by atoms with van der Waals surface area (Å²) >= 11 is 0. The van der Waals surface area contributed by atoms with Gasteiger partial charge in [0.15, 0.2) is 0 Å². The SMILES string of the molecule is CC(C)(C)c1cccc2nccnc12.CC(C)(C)c1cccc2ncncc12. The molecule has 28 heavy (non-hydrogen) atoms. The summed E-state index contributed by atoms with van der Waals surface area (Å²) in [6.07, 6.45) is 6.96. The van der Waals surface area contributed by atoms with Crippen LogP contribution >= 0.6 is 0 Å². The van der Waals surface area contributed by atoms with Crippen LogP contribution in [0.25, 0.3) is 21.9 Å². The van der Waals surface area contributed by atoms with E-state index in [4.69, 9.17) is 0 Å². The van der Waals surface area contributed by atoms with Gasteiger partial charge in [0.1, 0.15) is 6.33 Å². The van der Waals surface area contributed by atoms with Gasteiger partial charge in [-0.3, -0.25) is 9.97 Å². The fraction of sp³-hybridized carbons (Fsp3) is 0.333. The summed E-state index contributed by atoms with van der Waals surface area (Å²) in [5.41, 5.74) is 5.83. The Morgan fingerprint density at radius 1 is 0.643 bits per heavy atom. The van der Waals surface area contributed by atoms with Gasteiger partial charge < -0.3 is 0 Å². The number of nitrogens with zero attached hydrogens (tertiary/aromatic N) is 4. The Balaban J connectivity index is 0.000000161. The Bertz CT molecular complexity index is 989. The average Bonchev–Trinajstić information content (AvgIpc) is 2.66. The molecule has 0 spiro atoms. The maximum atomic E-state index is 4.39. The van der Waals surface area contributed by atoms with E-state index >= 15 is 0 Å². The second-order valence-electron chi connectivity index (χ2n) is 8.99. The van der Waals surface area contributed by atoms with Crippen LogP contribution < -0.4 is 0 Å². The lowest BCUT2D eigenvalue weighted by Crippen LogP contribution is -2.12. The molecular weight excluding hydrogens is 344 g/mol. The molecule has 0 aliphatic heterocycles. The highest BCUT2D eigenvalue weighted by Crippen LogP contribution is 2.28. The molecule has 2 aromatic carbocycles. The number of fused-ring (bicyclic) bond motifs is 2. The van der Waals surface area contributed by atoms with Crippen LogP contribution in [0.3, 0.4) is 0 Å². The van der Waals surface area contributed by atoms with Gasteiger partial charge in [0.25, 0.3) is 0 Å². The number of hydrogen-bond donors (Lipinski definition) is 0. The van der Waals surface area contributed by atoms with Gasteiger partial charge in [-0.05, 0) is 34.1 Å². The van der Waals surface area contributed by atoms with Crippen LogP contribution in [0.4, 0.5) is 0 Å². The quantitative estimate of drug-likeness (QED) is 0.388. The Hall–Kier alpha value is -2.88. The third kappa shape index (κ3) is 4.33. The van der Waals surface area contributed by atoms with Gasteiger partial charge in [-0.25, -0.2) is 9.97 Å². The van der Waals surface area contributed by atoms with Crippen molar-refractivity contribution in [2.75, 3.05) is 0 Å². The molecule has 4 aromatic rings. The van der Waals surface area contributed by atoms with E-state index in [0.717, 1.165) is 21.9 Å². The van der Waals surface area contributed by atoms with Crippen LogP contribution in [0.1, 0.15) is 52.7 Å². The summed E-state index contributed by atoms with van der Waals surface area (Å²) in [6, 6.07) is 12.4. The van der Waals surface area contributed by atoms with E-state index in [0.29, 0.717) is 0 Å². The van der Waals surface area contributed by atoms with Crippen LogP contribution in [-0.2, 0) is 10.8 Å². The zero-order valence-corrected chi connectivity index (χ0v) is 17.6. The van der Waals surface area contributed by atoms with Crippen molar-refractivity contribution in [2.45, 2.75) is 52.4 Å². The summed E-state index contributed by atoms with van der Waals surface area (Å²) in [6.45, 7) is 13.2. The van der Waals surface area contributed by atoms with E-state index in [-0.39, 0.29) is 10.8 Å². The topological polar surface area (TPSA) is 51.6 Å². The molecule has 4 nitrogen and oxygen atoms in total. The monoisotopic (exact) mass is 372 g/mol. The smallest absolute Gasteiger partial charge is 0.116 e. The zero-order chi connectivity index (χ0) is 20.4. The van der Waals surface area contributed by atoms with Crippen molar-refractivity contribution in [3.05, 3.63) is 72.4 Å². The minimum atomic E-state index is 0.121. The first-order chi connectivity index (χ1) is 13.2. The van der Waals surface area contributed by atoms with Crippen LogP contribution in [-0.4, -0.2) is 19.9 Å². The van der Waals surface area contributed by atoms with Gasteiger partial charge in [0, 0.05) is 24.0 Å². The summed E-state index contributed by atoms with van der Waals surface area (Å²) in [4.78, 5) is 17.0. The van der Waals surface area contributed by atoms with Crippen LogP contribution in [0.5, 0.6) is 0 Å². The predicted molar refractivity (Wildman–Crippen MR) is 116 cm³/mol. The molecule has 4 rings (SSSR count). The molecule has 0 saturated heterocycles. The lowest BCUT2D eigenvalue weighted by atomic mass is 9.85. The lowest BCUT2D eigenvalue weighted by Gasteiger charge is -2.20. The molecule has 0 aliphatic carbocycles. The fourth-order valence-corrected chi connectivity index (χ4v) is 3.26. The van der Waals surface area contributed by atoms with Crippen molar-refractivity contribution >= 4 is 21.9 Å². The highest BCUT2D eigenvalue weighted by Gasteiger charge is 2.17. The van der Waals surface area contributed by atoms with Gasteiger partial charge in [-0.15, -0.1) is 0 Å². The number of aromatic nitrogens is 4. The van der Waals surface area contributed by atoms with Crippen molar-refractivity contribution in [3.8, 4) is 0 Å². The van der Waals surface area contributed by atoms with Crippen molar-refractivity contribution < 1.29 is 0 Å². The van der Waals surface area contributed by atoms with Crippen LogP contribution in [0.2, 0.25) is 0 Å². The largest absolute Gasteiger partial charge is 0.253 e. The second kappa shape index (κ2) is 7.63. The molecule has 0 atom stereocenters. The third-order valence-electron chi connectivity index (χ3n) is 4.66. The number of rotatable bonds is 0. The summed E-state index contributed by atoms with van der Waals surface area (Å²) < 4.78 is 0. The first kappa shape index (κ1) is 19.9. The minimum Gasteiger partial charge on any atom is -0.253 e. The van der Waals surface area contributed by atoms with E-state index in [2.05, 4.69) is 79.7 Å². The van der Waals surface area contributed by atoms with Gasteiger partial charge in [0.05, 0.1) is 16.6 Å². The number of benzene rings is 2. The molecule has 0 saturated carbocycles. The fourth-order valence-electron chi connectivity index (χ4n) is 3.26. The standard InChI is InChI=1S/2C12H14N2/c1-12(2,3)10-5-4-6-11-9(10)7-13-8-14-11;1-12(2,3)9-5-4-6-10-11(9)14-8-7-13-10/h2*4-8H,1-3H3. The molecule has 2 heterocycles. The molecule has 144 valence electrons. The van der Waals surface area contributed by atoms with Crippen molar-refractivity contribution in [2.24, 2.45) is 0 Å². The Morgan fingerprint density at radius 3 is 1.93 bits per heavy atom. The summed E-state index contributed by atoms with van der Waals surface area (Å²) in [5.74, 6) is 0. The van der Waals surface area contributed by atoms with E-state index < -0.39 is 0 Å². The molecule has 0 fully saturated rings. The summed E-state index contributed by atoms with van der Waals surface area (Å²) in [5, 5.41) is 1.16. The Kier molecular flexibility index (Phi) is 5.41. The minimum absolute atomic E-state index is 0.121. The van der Waals surface area contributed by atoms with Crippen molar-refractivity contribution in [3.63, 3.8) is 0 Å². The molecule has 0 amide bonds. The van der Waals surface area contributed by atoms with E-state index in [1.54, 1.807) is 18.7 Å². The number of hydrogen-bond acceptors (Lipinski definition) is 4. The maximum Gasteiger partial charge on any atom is 0.116 e. The Labute approximate surface area is 167 Å². The molecular formula is C24H28N4. The first-order valence-corrected chi connectivity index (χ1v) is 9.57. The lowest BCUT2D eigenvalue weighted by molar-refractivity contribution is 0.594. The van der Waals surface area contributed by atoms with Gasteiger partial charge >= 0.3 is 0 Å². The zero-order valence-electron chi connectivity index (χ0n) is 17.6. The van der Waals surface area contributed by atoms with Crippen LogP contribution in [0, 0.1) is 0 Å². The van der Waals surface area contributed by atoms with E-state index in [1.165, 1.54) is 11.1 Å². The van der Waals surface area contributed by atoms with Crippen molar-refractivity contribution in [1.29, 1.82) is 0 Å². The molecule has 0 bridgehead atoms. The highest BCUT2D eigenvalue weighted by atomic mass is 14.8. The van der Waals surface area contributed by atoms with Crippen molar-refractivity contribution in [1.82, 2.24) is 19.9 Å². The van der Waals surface area contributed by atoms with E-state index in [1.807, 2.05) is 24.4 Å². The Morgan fingerprint density at radius 2 is 1.25 bits per heavy atom. The molecule has 4 heteroatoms. The third-order valence-corrected chi connectivity index (χ3v) is 4.66. The normalized spacial score (nSPS) is 11.9. The predicted octanol–water partition coefficient (Wildman–Crippen LogP) is 5.85. The van der Waals surface area contributed by atoms with E-state index in [9.17, 15) is 0 Å². The molecule has 2 aromatic heterocycles. The highest BCUT2D eigenvalue weighted by molar-refractivity contribution is 5.82. The molecule has 0 unspecified atom stereocenters. The number of para-hydroxylation sites is 1. The van der Waals surface area contributed by atoms with Crippen LogP contribution in [0.15, 0.2) is 61.3 Å². The van der Waals surface area contributed by atoms with Gasteiger partial charge in [-0.2, -0.15) is 0 Å². The summed E-state index contributed by atoms with van der Waals surface area (Å²) in [7, 11) is 0.